The molecule has 0 aromatic heterocycles. The van der Waals surface area contributed by atoms with Crippen LogP contribution >= 0.6 is 0 Å². The first kappa shape index (κ1) is 21.6. The molecule has 1 aliphatic carbocycles. The second-order valence-electron chi connectivity index (χ2n) is 7.97. The van der Waals surface area contributed by atoms with E-state index in [0.717, 1.165) is 38.5 Å². The predicted octanol–water partition coefficient (Wildman–Crippen LogP) is 8.10. The molecular formula is C25H28F4. The second kappa shape index (κ2) is 9.60. The third-order valence-electron chi connectivity index (χ3n) is 6.04. The minimum Gasteiger partial charge on any atom is -0.203 e. The third kappa shape index (κ3) is 4.57. The average Bonchev–Trinajstić information content (AvgIpc) is 2.73. The molecule has 0 unspecified atom stereocenters. The molecule has 0 saturated heterocycles. The molecule has 2 aromatic rings. The van der Waals surface area contributed by atoms with Gasteiger partial charge in [0.25, 0.3) is 0 Å². The molecule has 2 aromatic carbocycles. The quantitative estimate of drug-likeness (QED) is 0.337. The molecule has 3 rings (SSSR count). The van der Waals surface area contributed by atoms with Crippen molar-refractivity contribution in [3.8, 4) is 11.1 Å². The molecule has 1 saturated carbocycles. The number of hydrogen-bond acceptors (Lipinski definition) is 0. The molecule has 1 aliphatic rings. The molecule has 0 radical (unpaired) electrons. The Morgan fingerprint density at radius 2 is 1.45 bits per heavy atom. The lowest BCUT2D eigenvalue weighted by molar-refractivity contribution is 0.364. The van der Waals surface area contributed by atoms with Gasteiger partial charge in [-0.1, -0.05) is 49.8 Å². The van der Waals surface area contributed by atoms with E-state index in [-0.39, 0.29) is 22.6 Å². The Morgan fingerprint density at radius 1 is 0.828 bits per heavy atom. The van der Waals surface area contributed by atoms with Gasteiger partial charge in [0.2, 0.25) is 0 Å². The maximum atomic E-state index is 14.9. The summed E-state index contributed by atoms with van der Waals surface area (Å²) in [7, 11) is 0. The fourth-order valence-corrected chi connectivity index (χ4v) is 4.34. The number of allylic oxidation sites excluding steroid dienone is 2. The largest absolute Gasteiger partial charge is 0.203 e. The minimum absolute atomic E-state index is 0.0435. The van der Waals surface area contributed by atoms with Crippen molar-refractivity contribution >= 4 is 0 Å². The molecule has 0 heterocycles. The van der Waals surface area contributed by atoms with Gasteiger partial charge in [0.05, 0.1) is 0 Å². The van der Waals surface area contributed by atoms with Gasteiger partial charge in [0.15, 0.2) is 23.3 Å². The summed E-state index contributed by atoms with van der Waals surface area (Å²) >= 11 is 0. The second-order valence-corrected chi connectivity index (χ2v) is 7.97. The summed E-state index contributed by atoms with van der Waals surface area (Å²) in [6.07, 6.45) is 9.68. The number of aryl methyl sites for hydroxylation is 1. The molecule has 1 fully saturated rings. The standard InChI is InChI=1S/C25H28F4/c1-3-5-7-18-12-13-20(24(28)22(18)26)21-15-14-19(23(27)25(21)29)17-10-8-16(6-4-2)9-11-17/h4,6,12-17H,3,5,7-11H2,1-2H3/b6-4+. The molecule has 0 N–H and O–H groups in total. The summed E-state index contributed by atoms with van der Waals surface area (Å²) in [5.41, 5.74) is 0.142. The third-order valence-corrected chi connectivity index (χ3v) is 6.04. The Hall–Kier alpha value is -2.10. The predicted molar refractivity (Wildman–Crippen MR) is 110 cm³/mol. The van der Waals surface area contributed by atoms with Crippen molar-refractivity contribution in [2.24, 2.45) is 5.92 Å². The summed E-state index contributed by atoms with van der Waals surface area (Å²) in [6, 6.07) is 5.74. The van der Waals surface area contributed by atoms with Gasteiger partial charge < -0.3 is 0 Å². The molecule has 0 atom stereocenters. The number of hydrogen-bond donors (Lipinski definition) is 0. The van der Waals surface area contributed by atoms with E-state index in [4.69, 9.17) is 0 Å². The number of halogens is 4. The van der Waals surface area contributed by atoms with Crippen molar-refractivity contribution in [1.82, 2.24) is 0 Å². The van der Waals surface area contributed by atoms with Crippen molar-refractivity contribution in [3.63, 3.8) is 0 Å². The van der Waals surface area contributed by atoms with Crippen LogP contribution in [-0.4, -0.2) is 0 Å². The normalized spacial score (nSPS) is 19.8. The van der Waals surface area contributed by atoms with E-state index in [1.165, 1.54) is 24.3 Å². The van der Waals surface area contributed by atoms with Crippen molar-refractivity contribution < 1.29 is 17.6 Å². The molecule has 29 heavy (non-hydrogen) atoms. The molecule has 0 amide bonds. The van der Waals surface area contributed by atoms with Crippen LogP contribution in [0.3, 0.4) is 0 Å². The molecule has 0 aliphatic heterocycles. The molecule has 0 spiro atoms. The van der Waals surface area contributed by atoms with E-state index in [1.54, 1.807) is 0 Å². The first-order valence-corrected chi connectivity index (χ1v) is 10.6. The average molecular weight is 404 g/mol. The van der Waals surface area contributed by atoms with Gasteiger partial charge in [0, 0.05) is 11.1 Å². The van der Waals surface area contributed by atoms with Gasteiger partial charge >= 0.3 is 0 Å². The van der Waals surface area contributed by atoms with E-state index < -0.39 is 23.3 Å². The van der Waals surface area contributed by atoms with Gasteiger partial charge in [-0.3, -0.25) is 0 Å². The smallest absolute Gasteiger partial charge is 0.167 e. The van der Waals surface area contributed by atoms with Gasteiger partial charge in [-0.15, -0.1) is 0 Å². The Kier molecular flexibility index (Phi) is 7.15. The Labute approximate surface area is 170 Å². The first-order chi connectivity index (χ1) is 14.0. The summed E-state index contributed by atoms with van der Waals surface area (Å²) in [5.74, 6) is -3.67. The maximum Gasteiger partial charge on any atom is 0.167 e. The van der Waals surface area contributed by atoms with Crippen LogP contribution in [0, 0.1) is 29.2 Å². The van der Waals surface area contributed by atoms with Crippen molar-refractivity contribution in [2.45, 2.75) is 64.7 Å². The summed E-state index contributed by atoms with van der Waals surface area (Å²) in [4.78, 5) is 0. The SMILES string of the molecule is C/C=C/C1CCC(c2ccc(-c3ccc(CCCC)c(F)c3F)c(F)c2F)CC1. The topological polar surface area (TPSA) is 0 Å². The zero-order chi connectivity index (χ0) is 21.0. The van der Waals surface area contributed by atoms with E-state index in [2.05, 4.69) is 6.08 Å². The molecule has 156 valence electrons. The Balaban J connectivity index is 1.88. The van der Waals surface area contributed by atoms with Crippen molar-refractivity contribution in [1.29, 1.82) is 0 Å². The zero-order valence-corrected chi connectivity index (χ0v) is 17.1. The molecule has 4 heteroatoms. The maximum absolute atomic E-state index is 14.9. The van der Waals surface area contributed by atoms with Crippen LogP contribution in [0.5, 0.6) is 0 Å². The highest BCUT2D eigenvalue weighted by atomic mass is 19.2. The van der Waals surface area contributed by atoms with Crippen LogP contribution in [-0.2, 0) is 6.42 Å². The van der Waals surface area contributed by atoms with Crippen molar-refractivity contribution in [2.75, 3.05) is 0 Å². The number of unbranched alkanes of at least 4 members (excludes halogenated alkanes) is 1. The van der Waals surface area contributed by atoms with E-state index in [0.29, 0.717) is 17.9 Å². The fourth-order valence-electron chi connectivity index (χ4n) is 4.34. The summed E-state index contributed by atoms with van der Waals surface area (Å²) in [6.45, 7) is 3.95. The van der Waals surface area contributed by atoms with E-state index in [9.17, 15) is 17.6 Å². The highest BCUT2D eigenvalue weighted by molar-refractivity contribution is 5.66. The molecular weight excluding hydrogens is 376 g/mol. The summed E-state index contributed by atoms with van der Waals surface area (Å²) < 4.78 is 58.7. The number of rotatable bonds is 6. The van der Waals surface area contributed by atoms with Gasteiger partial charge in [-0.2, -0.15) is 0 Å². The first-order valence-electron chi connectivity index (χ1n) is 10.6. The Morgan fingerprint density at radius 3 is 2.07 bits per heavy atom. The minimum atomic E-state index is -1.11. The van der Waals surface area contributed by atoms with Gasteiger partial charge in [-0.25, -0.2) is 17.6 Å². The molecule has 0 nitrogen and oxygen atoms in total. The summed E-state index contributed by atoms with van der Waals surface area (Å²) in [5, 5.41) is 0. The van der Waals surface area contributed by atoms with Crippen LogP contribution in [0.15, 0.2) is 36.4 Å². The lowest BCUT2D eigenvalue weighted by Gasteiger charge is -2.27. The highest BCUT2D eigenvalue weighted by Gasteiger charge is 2.26. The van der Waals surface area contributed by atoms with Crippen LogP contribution in [0.1, 0.15) is 69.4 Å². The highest BCUT2D eigenvalue weighted by Crippen LogP contribution is 2.39. The molecule has 0 bridgehead atoms. The number of benzene rings is 2. The Bertz CT molecular complexity index is 877. The lowest BCUT2D eigenvalue weighted by Crippen LogP contribution is -2.13. The van der Waals surface area contributed by atoms with E-state index >= 15 is 0 Å². The van der Waals surface area contributed by atoms with Crippen LogP contribution in [0.25, 0.3) is 11.1 Å². The monoisotopic (exact) mass is 404 g/mol. The van der Waals surface area contributed by atoms with Crippen LogP contribution in [0.4, 0.5) is 17.6 Å². The van der Waals surface area contributed by atoms with Gasteiger partial charge in [0.1, 0.15) is 0 Å². The van der Waals surface area contributed by atoms with Crippen LogP contribution < -0.4 is 0 Å². The zero-order valence-electron chi connectivity index (χ0n) is 17.1. The van der Waals surface area contributed by atoms with Crippen LogP contribution in [0.2, 0.25) is 0 Å². The fraction of sp³-hybridized carbons (Fsp3) is 0.440. The van der Waals surface area contributed by atoms with Gasteiger partial charge in [-0.05, 0) is 68.4 Å². The van der Waals surface area contributed by atoms with Crippen molar-refractivity contribution in [3.05, 3.63) is 70.8 Å². The lowest BCUT2D eigenvalue weighted by atomic mass is 9.78. The van der Waals surface area contributed by atoms with E-state index in [1.807, 2.05) is 19.9 Å².